The fraction of sp³-hybridized carbons (Fsp3) is 0.167. The molecular formula is C18H14BrF2N5O2. The number of alkyl halides is 2. The summed E-state index contributed by atoms with van der Waals surface area (Å²) in [6, 6.07) is 11.7. The summed E-state index contributed by atoms with van der Waals surface area (Å²) in [6.07, 6.45) is 1.85. The van der Waals surface area contributed by atoms with Crippen LogP contribution < -0.4 is 14.8 Å². The summed E-state index contributed by atoms with van der Waals surface area (Å²) in [5.41, 5.74) is 2.05. The fourth-order valence-corrected chi connectivity index (χ4v) is 3.37. The number of nitrogens with one attached hydrogen (secondary N) is 1. The van der Waals surface area contributed by atoms with Crippen molar-refractivity contribution < 1.29 is 18.3 Å². The van der Waals surface area contributed by atoms with Crippen LogP contribution in [-0.2, 0) is 0 Å². The smallest absolute Gasteiger partial charge is 0.387 e. The first kappa shape index (κ1) is 18.4. The van der Waals surface area contributed by atoms with E-state index < -0.39 is 12.7 Å². The van der Waals surface area contributed by atoms with Gasteiger partial charge in [0.15, 0.2) is 0 Å². The van der Waals surface area contributed by atoms with Crippen molar-refractivity contribution in [1.82, 2.24) is 20.2 Å². The second-order valence-corrected chi connectivity index (χ2v) is 6.81. The molecule has 3 aromatic rings. The monoisotopic (exact) mass is 449 g/mol. The van der Waals surface area contributed by atoms with Crippen molar-refractivity contribution in [2.45, 2.75) is 12.7 Å². The van der Waals surface area contributed by atoms with E-state index in [-0.39, 0.29) is 5.75 Å². The van der Waals surface area contributed by atoms with E-state index in [1.807, 2.05) is 30.3 Å². The number of anilines is 1. The molecule has 4 rings (SSSR count). The van der Waals surface area contributed by atoms with Gasteiger partial charge in [0.2, 0.25) is 5.95 Å². The number of methoxy groups -OCH3 is 1. The van der Waals surface area contributed by atoms with E-state index >= 15 is 0 Å². The van der Waals surface area contributed by atoms with Crippen LogP contribution in [0.4, 0.5) is 14.7 Å². The molecule has 1 N–H and O–H groups in total. The van der Waals surface area contributed by atoms with E-state index in [1.165, 1.54) is 10.7 Å². The van der Waals surface area contributed by atoms with Crippen molar-refractivity contribution in [3.63, 3.8) is 0 Å². The molecule has 10 heteroatoms. The van der Waals surface area contributed by atoms with Crippen LogP contribution in [0.3, 0.4) is 0 Å². The molecule has 1 atom stereocenters. The van der Waals surface area contributed by atoms with Gasteiger partial charge < -0.3 is 14.8 Å². The zero-order valence-corrected chi connectivity index (χ0v) is 16.1. The molecule has 0 radical (unpaired) electrons. The first-order chi connectivity index (χ1) is 13.5. The molecule has 1 aromatic heterocycles. The topological polar surface area (TPSA) is 74.1 Å². The summed E-state index contributed by atoms with van der Waals surface area (Å²) < 4.78 is 38.0. The van der Waals surface area contributed by atoms with Gasteiger partial charge in [-0.2, -0.15) is 13.5 Å². The van der Waals surface area contributed by atoms with Crippen molar-refractivity contribution in [3.8, 4) is 11.5 Å². The zero-order valence-electron chi connectivity index (χ0n) is 14.5. The average Bonchev–Trinajstić information content (AvgIpc) is 3.17. The van der Waals surface area contributed by atoms with E-state index in [0.717, 1.165) is 5.56 Å². The molecule has 1 aliphatic rings. The van der Waals surface area contributed by atoms with Gasteiger partial charge in [-0.15, -0.1) is 0 Å². The lowest BCUT2D eigenvalue weighted by atomic mass is 10.0. The van der Waals surface area contributed by atoms with Crippen molar-refractivity contribution in [2.24, 2.45) is 0 Å². The number of ether oxygens (including phenoxy) is 2. The van der Waals surface area contributed by atoms with Crippen LogP contribution >= 0.6 is 15.9 Å². The third-order valence-corrected chi connectivity index (χ3v) is 4.71. The number of nitrogens with zero attached hydrogens (tertiary/aromatic N) is 4. The second kappa shape index (κ2) is 7.55. The molecule has 0 aliphatic carbocycles. The summed E-state index contributed by atoms with van der Waals surface area (Å²) in [6.45, 7) is -2.95. The van der Waals surface area contributed by atoms with Gasteiger partial charge in [0.1, 0.15) is 17.5 Å². The molecule has 28 heavy (non-hydrogen) atoms. The number of tetrazole rings is 1. The van der Waals surface area contributed by atoms with Crippen LogP contribution in [0.1, 0.15) is 17.2 Å². The molecule has 0 amide bonds. The average molecular weight is 450 g/mol. The van der Waals surface area contributed by atoms with Gasteiger partial charge in [-0.1, -0.05) is 33.2 Å². The third-order valence-electron chi connectivity index (χ3n) is 4.21. The summed E-state index contributed by atoms with van der Waals surface area (Å²) >= 11 is 3.38. The molecule has 0 unspecified atom stereocenters. The molecule has 0 saturated heterocycles. The summed E-state index contributed by atoms with van der Waals surface area (Å²) in [7, 11) is 1.58. The van der Waals surface area contributed by atoms with Crippen molar-refractivity contribution in [2.75, 3.05) is 12.4 Å². The van der Waals surface area contributed by atoms with Crippen LogP contribution in [0, 0.1) is 0 Å². The third kappa shape index (κ3) is 3.55. The van der Waals surface area contributed by atoms with Gasteiger partial charge in [-0.05, 0) is 46.8 Å². The number of halogens is 3. The van der Waals surface area contributed by atoms with E-state index in [2.05, 4.69) is 36.8 Å². The van der Waals surface area contributed by atoms with Crippen LogP contribution in [0.25, 0.3) is 5.70 Å². The Morgan fingerprint density at radius 2 is 2.07 bits per heavy atom. The summed E-state index contributed by atoms with van der Waals surface area (Å²) in [5.74, 6) is 1.12. The molecule has 2 aromatic carbocycles. The number of hydrogen-bond donors (Lipinski definition) is 1. The Kier molecular flexibility index (Phi) is 4.95. The molecule has 0 spiro atoms. The van der Waals surface area contributed by atoms with Crippen LogP contribution in [0.5, 0.6) is 11.5 Å². The maximum absolute atomic E-state index is 12.9. The Morgan fingerprint density at radius 1 is 1.21 bits per heavy atom. The lowest BCUT2D eigenvalue weighted by molar-refractivity contribution is -0.0506. The van der Waals surface area contributed by atoms with Crippen molar-refractivity contribution in [1.29, 1.82) is 0 Å². The van der Waals surface area contributed by atoms with Gasteiger partial charge in [0, 0.05) is 21.3 Å². The van der Waals surface area contributed by atoms with Crippen LogP contribution in [-0.4, -0.2) is 33.9 Å². The highest BCUT2D eigenvalue weighted by atomic mass is 79.9. The van der Waals surface area contributed by atoms with Gasteiger partial charge >= 0.3 is 6.61 Å². The van der Waals surface area contributed by atoms with Crippen LogP contribution in [0.15, 0.2) is 53.0 Å². The Hall–Kier alpha value is -3.01. The predicted octanol–water partition coefficient (Wildman–Crippen LogP) is 4.10. The first-order valence-electron chi connectivity index (χ1n) is 8.20. The minimum absolute atomic E-state index is 0.0489. The Bertz CT molecular complexity index is 1040. The van der Waals surface area contributed by atoms with Gasteiger partial charge in [-0.3, -0.25) is 0 Å². The van der Waals surface area contributed by atoms with E-state index in [9.17, 15) is 8.78 Å². The Balaban J connectivity index is 1.83. The molecule has 0 saturated carbocycles. The number of rotatable bonds is 5. The molecule has 0 bridgehead atoms. The molecular weight excluding hydrogens is 436 g/mol. The normalized spacial score (nSPS) is 15.6. The summed E-state index contributed by atoms with van der Waals surface area (Å²) in [5, 5.41) is 14.8. The quantitative estimate of drug-likeness (QED) is 0.631. The molecule has 0 fully saturated rings. The molecule has 7 nitrogen and oxygen atoms in total. The van der Waals surface area contributed by atoms with Crippen molar-refractivity contribution >= 4 is 27.6 Å². The number of benzene rings is 2. The zero-order chi connectivity index (χ0) is 19.7. The molecule has 1 aliphatic heterocycles. The van der Waals surface area contributed by atoms with Gasteiger partial charge in [0.25, 0.3) is 0 Å². The highest BCUT2D eigenvalue weighted by molar-refractivity contribution is 9.10. The Morgan fingerprint density at radius 3 is 2.86 bits per heavy atom. The number of hydrogen-bond acceptors (Lipinski definition) is 6. The SMILES string of the molecule is COc1cccc(C2=C[C@@H](c3cc(Br)ccc3OC(F)F)n3nnnc3N2)c1. The van der Waals surface area contributed by atoms with E-state index in [1.54, 1.807) is 19.2 Å². The highest BCUT2D eigenvalue weighted by Crippen LogP contribution is 2.38. The second-order valence-electron chi connectivity index (χ2n) is 5.89. The standard InChI is InChI=1S/C18H14BrF2N5O2/c1-27-12-4-2-3-10(7-12)14-9-15(26-18(22-14)23-24-25-26)13-8-11(19)5-6-16(13)28-17(20)21/h2-9,15,17H,1H3,(H,22,23,25)/t15-/m0/s1. The number of fused-ring (bicyclic) bond motifs is 1. The first-order valence-corrected chi connectivity index (χ1v) is 9.00. The van der Waals surface area contributed by atoms with E-state index in [4.69, 9.17) is 9.47 Å². The van der Waals surface area contributed by atoms with E-state index in [0.29, 0.717) is 27.4 Å². The highest BCUT2D eigenvalue weighted by Gasteiger charge is 2.27. The van der Waals surface area contributed by atoms with Crippen molar-refractivity contribution in [3.05, 3.63) is 64.1 Å². The maximum atomic E-state index is 12.9. The lowest BCUT2D eigenvalue weighted by Gasteiger charge is -2.25. The fourth-order valence-electron chi connectivity index (χ4n) is 2.99. The largest absolute Gasteiger partial charge is 0.497 e. The van der Waals surface area contributed by atoms with Gasteiger partial charge in [0.05, 0.1) is 7.11 Å². The van der Waals surface area contributed by atoms with Gasteiger partial charge in [-0.25, -0.2) is 0 Å². The lowest BCUT2D eigenvalue weighted by Crippen LogP contribution is -2.21. The van der Waals surface area contributed by atoms with Crippen LogP contribution in [0.2, 0.25) is 0 Å². The Labute approximate surface area is 167 Å². The molecule has 2 heterocycles. The minimum Gasteiger partial charge on any atom is -0.497 e. The summed E-state index contributed by atoms with van der Waals surface area (Å²) in [4.78, 5) is 0. The number of allylic oxidation sites excluding steroid dienone is 1. The number of aromatic nitrogens is 4. The maximum Gasteiger partial charge on any atom is 0.387 e. The minimum atomic E-state index is -2.95. The predicted molar refractivity (Wildman–Crippen MR) is 101 cm³/mol. The molecule has 144 valence electrons.